The highest BCUT2D eigenvalue weighted by Gasteiger charge is 2.34. The SMILES string of the molecule is CCNCC1(CN(C)C(C)CO)CCOCC1. The van der Waals surface area contributed by atoms with E-state index in [0.717, 1.165) is 45.7 Å². The number of ether oxygens (including phenoxy) is 1. The lowest BCUT2D eigenvalue weighted by atomic mass is 9.79. The average molecular weight is 244 g/mol. The van der Waals surface area contributed by atoms with Gasteiger partial charge in [0.1, 0.15) is 0 Å². The average Bonchev–Trinajstić information content (AvgIpc) is 2.36. The summed E-state index contributed by atoms with van der Waals surface area (Å²) < 4.78 is 5.48. The Morgan fingerprint density at radius 2 is 2.06 bits per heavy atom. The highest BCUT2D eigenvalue weighted by molar-refractivity contribution is 4.87. The lowest BCUT2D eigenvalue weighted by molar-refractivity contribution is -0.00904. The van der Waals surface area contributed by atoms with E-state index in [-0.39, 0.29) is 12.6 Å². The number of likely N-dealkylation sites (N-methyl/N-ethyl adjacent to an activating group) is 1. The summed E-state index contributed by atoms with van der Waals surface area (Å²) in [7, 11) is 2.10. The molecule has 1 fully saturated rings. The van der Waals surface area contributed by atoms with E-state index in [1.54, 1.807) is 0 Å². The first-order chi connectivity index (χ1) is 8.13. The Hall–Kier alpha value is -0.160. The second kappa shape index (κ2) is 7.31. The molecule has 1 aliphatic heterocycles. The summed E-state index contributed by atoms with van der Waals surface area (Å²) in [5.74, 6) is 0. The zero-order chi connectivity index (χ0) is 12.7. The molecule has 0 aromatic heterocycles. The third kappa shape index (κ3) is 4.54. The minimum atomic E-state index is 0.226. The van der Waals surface area contributed by atoms with Crippen molar-refractivity contribution < 1.29 is 9.84 Å². The predicted octanol–water partition coefficient (Wildman–Crippen LogP) is 0.705. The molecule has 1 aliphatic rings. The molecule has 4 nitrogen and oxygen atoms in total. The number of hydrogen-bond donors (Lipinski definition) is 2. The van der Waals surface area contributed by atoms with Crippen LogP contribution in [0.3, 0.4) is 0 Å². The van der Waals surface area contributed by atoms with Crippen LogP contribution in [0.1, 0.15) is 26.7 Å². The Balaban J connectivity index is 2.55. The molecule has 1 atom stereocenters. The zero-order valence-electron chi connectivity index (χ0n) is 11.5. The molecule has 17 heavy (non-hydrogen) atoms. The van der Waals surface area contributed by atoms with Crippen molar-refractivity contribution in [1.29, 1.82) is 0 Å². The molecular weight excluding hydrogens is 216 g/mol. The molecule has 0 radical (unpaired) electrons. The fourth-order valence-corrected chi connectivity index (χ4v) is 2.41. The minimum absolute atomic E-state index is 0.226. The van der Waals surface area contributed by atoms with Crippen LogP contribution in [-0.4, -0.2) is 62.6 Å². The third-order valence-corrected chi connectivity index (χ3v) is 3.90. The molecule has 0 aromatic rings. The Bertz CT molecular complexity index is 206. The summed E-state index contributed by atoms with van der Waals surface area (Å²) in [6.07, 6.45) is 2.23. The first kappa shape index (κ1) is 14.9. The zero-order valence-corrected chi connectivity index (χ0v) is 11.5. The maximum atomic E-state index is 9.21. The van der Waals surface area contributed by atoms with Crippen LogP contribution in [0, 0.1) is 5.41 Å². The summed E-state index contributed by atoms with van der Waals surface area (Å²) in [6.45, 7) is 9.28. The molecule has 0 amide bonds. The lowest BCUT2D eigenvalue weighted by Gasteiger charge is -2.41. The molecule has 1 unspecified atom stereocenters. The largest absolute Gasteiger partial charge is 0.395 e. The van der Waals surface area contributed by atoms with Gasteiger partial charge in [-0.2, -0.15) is 0 Å². The van der Waals surface area contributed by atoms with Gasteiger partial charge >= 0.3 is 0 Å². The van der Waals surface area contributed by atoms with Gasteiger partial charge in [0, 0.05) is 32.3 Å². The van der Waals surface area contributed by atoms with Gasteiger partial charge < -0.3 is 20.1 Å². The van der Waals surface area contributed by atoms with E-state index in [0.29, 0.717) is 5.41 Å². The van der Waals surface area contributed by atoms with E-state index >= 15 is 0 Å². The molecule has 1 saturated heterocycles. The molecule has 0 aliphatic carbocycles. The summed E-state index contributed by atoms with van der Waals surface area (Å²) in [5, 5.41) is 12.7. The number of aliphatic hydroxyl groups excluding tert-OH is 1. The maximum absolute atomic E-state index is 9.21. The number of hydrogen-bond acceptors (Lipinski definition) is 4. The van der Waals surface area contributed by atoms with Gasteiger partial charge in [-0.05, 0) is 38.8 Å². The Morgan fingerprint density at radius 3 is 2.59 bits per heavy atom. The highest BCUT2D eigenvalue weighted by Crippen LogP contribution is 2.31. The highest BCUT2D eigenvalue weighted by atomic mass is 16.5. The fraction of sp³-hybridized carbons (Fsp3) is 1.00. The monoisotopic (exact) mass is 244 g/mol. The van der Waals surface area contributed by atoms with Gasteiger partial charge in [-0.1, -0.05) is 6.92 Å². The van der Waals surface area contributed by atoms with E-state index < -0.39 is 0 Å². The predicted molar refractivity (Wildman–Crippen MR) is 70.2 cm³/mol. The van der Waals surface area contributed by atoms with Gasteiger partial charge in [0.05, 0.1) is 6.61 Å². The van der Waals surface area contributed by atoms with E-state index in [9.17, 15) is 5.11 Å². The maximum Gasteiger partial charge on any atom is 0.0584 e. The van der Waals surface area contributed by atoms with Crippen LogP contribution in [0.4, 0.5) is 0 Å². The van der Waals surface area contributed by atoms with Crippen molar-refractivity contribution in [3.63, 3.8) is 0 Å². The van der Waals surface area contributed by atoms with Crippen LogP contribution in [-0.2, 0) is 4.74 Å². The van der Waals surface area contributed by atoms with Gasteiger partial charge in [0.25, 0.3) is 0 Å². The molecule has 0 spiro atoms. The third-order valence-electron chi connectivity index (χ3n) is 3.90. The van der Waals surface area contributed by atoms with Crippen molar-refractivity contribution in [3.8, 4) is 0 Å². The van der Waals surface area contributed by atoms with Crippen molar-refractivity contribution in [1.82, 2.24) is 10.2 Å². The molecule has 2 N–H and O–H groups in total. The first-order valence-corrected chi connectivity index (χ1v) is 6.73. The van der Waals surface area contributed by atoms with E-state index in [1.807, 2.05) is 0 Å². The van der Waals surface area contributed by atoms with E-state index in [4.69, 9.17) is 4.74 Å². The van der Waals surface area contributed by atoms with Crippen LogP contribution in [0.15, 0.2) is 0 Å². The topological polar surface area (TPSA) is 44.7 Å². The van der Waals surface area contributed by atoms with Crippen molar-refractivity contribution >= 4 is 0 Å². The van der Waals surface area contributed by atoms with Crippen molar-refractivity contribution in [2.75, 3.05) is 46.5 Å². The van der Waals surface area contributed by atoms with Crippen LogP contribution >= 0.6 is 0 Å². The number of nitrogens with one attached hydrogen (secondary N) is 1. The van der Waals surface area contributed by atoms with Gasteiger partial charge in [0.15, 0.2) is 0 Å². The Kier molecular flexibility index (Phi) is 6.41. The Labute approximate surface area is 105 Å². The molecule has 4 heteroatoms. The molecule has 1 rings (SSSR count). The van der Waals surface area contributed by atoms with Crippen molar-refractivity contribution in [3.05, 3.63) is 0 Å². The van der Waals surface area contributed by atoms with Crippen molar-refractivity contribution in [2.45, 2.75) is 32.7 Å². The van der Waals surface area contributed by atoms with E-state index in [1.165, 1.54) is 0 Å². The fourth-order valence-electron chi connectivity index (χ4n) is 2.41. The van der Waals surface area contributed by atoms with Crippen LogP contribution in [0.25, 0.3) is 0 Å². The smallest absolute Gasteiger partial charge is 0.0584 e. The summed E-state index contributed by atoms with van der Waals surface area (Å²) in [6, 6.07) is 0.233. The second-order valence-electron chi connectivity index (χ2n) is 5.34. The molecular formula is C13H28N2O2. The second-order valence-corrected chi connectivity index (χ2v) is 5.34. The van der Waals surface area contributed by atoms with Gasteiger partial charge in [0.2, 0.25) is 0 Å². The normalized spacial score (nSPS) is 21.7. The first-order valence-electron chi connectivity index (χ1n) is 6.73. The van der Waals surface area contributed by atoms with E-state index in [2.05, 4.69) is 31.1 Å². The molecule has 1 heterocycles. The number of rotatable bonds is 7. The summed E-state index contributed by atoms with van der Waals surface area (Å²) >= 11 is 0. The number of aliphatic hydroxyl groups is 1. The van der Waals surface area contributed by atoms with Crippen LogP contribution in [0.5, 0.6) is 0 Å². The quantitative estimate of drug-likeness (QED) is 0.692. The van der Waals surface area contributed by atoms with Gasteiger partial charge in [-0.3, -0.25) is 0 Å². The molecule has 0 aromatic carbocycles. The van der Waals surface area contributed by atoms with Gasteiger partial charge in [-0.25, -0.2) is 0 Å². The summed E-state index contributed by atoms with van der Waals surface area (Å²) in [4.78, 5) is 2.27. The molecule has 102 valence electrons. The van der Waals surface area contributed by atoms with Crippen molar-refractivity contribution in [2.24, 2.45) is 5.41 Å². The summed E-state index contributed by atoms with van der Waals surface area (Å²) in [5.41, 5.74) is 0.312. The molecule has 0 saturated carbocycles. The Morgan fingerprint density at radius 1 is 1.41 bits per heavy atom. The van der Waals surface area contributed by atoms with Crippen LogP contribution in [0.2, 0.25) is 0 Å². The van der Waals surface area contributed by atoms with Gasteiger partial charge in [-0.15, -0.1) is 0 Å². The number of nitrogens with zero attached hydrogens (tertiary/aromatic N) is 1. The standard InChI is InChI=1S/C13H28N2O2/c1-4-14-10-13(5-7-17-8-6-13)11-15(3)12(2)9-16/h12,14,16H,4-11H2,1-3H3. The lowest BCUT2D eigenvalue weighted by Crippen LogP contribution is -2.49. The van der Waals surface area contributed by atoms with Crippen LogP contribution < -0.4 is 5.32 Å². The minimum Gasteiger partial charge on any atom is -0.395 e. The molecule has 0 bridgehead atoms.